The van der Waals surface area contributed by atoms with Crippen LogP contribution in [0.5, 0.6) is 0 Å². The van der Waals surface area contributed by atoms with Crippen LogP contribution >= 0.6 is 35.3 Å². The molecule has 2 heterocycles. The summed E-state index contributed by atoms with van der Waals surface area (Å²) >= 11 is 3.70. The third kappa shape index (κ3) is 36.6. The number of carbonyl (C=O) groups excluding carboxylic acids is 10. The maximum atomic E-state index is 14.2. The normalized spacial score (nSPS) is 15.5. The van der Waals surface area contributed by atoms with Crippen molar-refractivity contribution in [1.29, 1.82) is 0 Å². The van der Waals surface area contributed by atoms with Gasteiger partial charge in [-0.3, -0.25) is 52.8 Å². The fourth-order valence-electron chi connectivity index (χ4n) is 10.3. The fraction of sp³-hybridized carbons (Fsp3) is 0.716. The quantitative estimate of drug-likeness (QED) is 0.0170. The van der Waals surface area contributed by atoms with Gasteiger partial charge in [-0.25, -0.2) is 4.79 Å². The molecule has 2 rings (SSSR count). The fourth-order valence-corrected chi connectivity index (χ4v) is 12.6. The predicted octanol–water partition coefficient (Wildman–Crippen LogP) is 9.41. The standard InChI is InChI=1S/C67H110N8O12S3/c1-9-10-11-12-13-14-15-16-17-18-19-20-23-34-62(81)90-47-54(71-58(77)44-68-57(76)33-22-21-24-39-75-60(79)35-36-61(75)80)64(83)72-52(38-41-88-8)63(82)69-45-59(78)70-53(43-49(4)5)66(85)74-40-27-32-56(74)65(84)73-55(67(86)87)46-89-42-37-51(7)31-26-30-50(6)29-25-28-48(2)3/h28,30,35-37,49,52-56H,9-27,29,31-34,38-47H2,1-8H3,(H,68,76)(H,69,82)(H,70,78)(H,71,77)(H,72,83)(H,73,84)(H,86,87)/b50-30+,51-37+/t52-,53-,54-,55-,56-/m0/s1. The van der Waals surface area contributed by atoms with Gasteiger partial charge in [0.25, 0.3) is 11.8 Å². The molecule has 9 amide bonds. The molecule has 7 N–H and O–H groups in total. The molecule has 2 aliphatic rings. The van der Waals surface area contributed by atoms with E-state index in [0.29, 0.717) is 50.0 Å². The van der Waals surface area contributed by atoms with Crippen molar-refractivity contribution in [3.63, 3.8) is 0 Å². The average Bonchev–Trinajstić information content (AvgIpc) is 2.15. The lowest BCUT2D eigenvalue weighted by Crippen LogP contribution is -2.57. The maximum Gasteiger partial charge on any atom is 0.327 e. The topological polar surface area (TPSA) is 287 Å². The highest BCUT2D eigenvalue weighted by molar-refractivity contribution is 8.13. The second kappa shape index (κ2) is 48.3. The lowest BCUT2D eigenvalue weighted by molar-refractivity contribution is -0.144. The molecule has 0 aromatic carbocycles. The number of aliphatic carboxylic acids is 1. The van der Waals surface area contributed by atoms with Gasteiger partial charge in [0, 0.05) is 55.3 Å². The van der Waals surface area contributed by atoms with Gasteiger partial charge < -0.3 is 41.9 Å². The maximum absolute atomic E-state index is 14.2. The SMILES string of the molecule is CCCCCCCCCCCCCCCC(=O)SC[C@H](NC(=O)CNC(=O)CCCCCN1C(=O)C=CC1=O)C(=O)N[C@@H](CCSC)C(=O)NCC(=O)N[C@@H](CC(C)C)C(=O)N1CCC[C@H]1C(=O)N[C@@H](CSC/C=C(\C)CC/C=C(\C)CCC=C(C)C)C(=O)O. The van der Waals surface area contributed by atoms with Gasteiger partial charge in [-0.05, 0) is 116 Å². The highest BCUT2D eigenvalue weighted by Crippen LogP contribution is 2.22. The predicted molar refractivity (Wildman–Crippen MR) is 363 cm³/mol. The second-order valence-electron chi connectivity index (χ2n) is 24.4. The molecule has 0 unspecified atom stereocenters. The van der Waals surface area contributed by atoms with E-state index in [1.807, 2.05) is 20.1 Å². The Kier molecular flexibility index (Phi) is 43.3. The molecule has 20 nitrogen and oxygen atoms in total. The minimum atomic E-state index is -1.30. The Balaban J connectivity index is 2.05. The number of thioether (sulfide) groups is 3. The lowest BCUT2D eigenvalue weighted by atomic mass is 10.0. The molecule has 0 saturated carbocycles. The van der Waals surface area contributed by atoms with Crippen LogP contribution in [0, 0.1) is 5.92 Å². The summed E-state index contributed by atoms with van der Waals surface area (Å²) in [5, 5.41) is 25.8. The van der Waals surface area contributed by atoms with Gasteiger partial charge in [-0.15, -0.1) is 0 Å². The van der Waals surface area contributed by atoms with E-state index in [0.717, 1.165) is 61.6 Å². The lowest BCUT2D eigenvalue weighted by Gasteiger charge is -2.30. The zero-order valence-electron chi connectivity index (χ0n) is 55.4. The molecule has 5 atom stereocenters. The molecule has 508 valence electrons. The molecule has 0 aliphatic carbocycles. The summed E-state index contributed by atoms with van der Waals surface area (Å²) < 4.78 is 0. The summed E-state index contributed by atoms with van der Waals surface area (Å²) in [6.07, 6.45) is 32.7. The van der Waals surface area contributed by atoms with E-state index in [4.69, 9.17) is 0 Å². The van der Waals surface area contributed by atoms with Crippen LogP contribution in [0.3, 0.4) is 0 Å². The average molecular weight is 1320 g/mol. The minimum Gasteiger partial charge on any atom is -0.480 e. The molecule has 2 aliphatic heterocycles. The number of unbranched alkanes of at least 4 members (excludes halogenated alkanes) is 14. The summed E-state index contributed by atoms with van der Waals surface area (Å²) in [6, 6.07) is -5.72. The second-order valence-corrected chi connectivity index (χ2v) is 27.6. The zero-order chi connectivity index (χ0) is 66.6. The van der Waals surface area contributed by atoms with Gasteiger partial charge in [-0.2, -0.15) is 23.5 Å². The smallest absolute Gasteiger partial charge is 0.327 e. The van der Waals surface area contributed by atoms with Crippen molar-refractivity contribution in [3.05, 3.63) is 47.1 Å². The summed E-state index contributed by atoms with van der Waals surface area (Å²) in [5.74, 6) is -5.50. The van der Waals surface area contributed by atoms with Crippen LogP contribution < -0.4 is 31.9 Å². The number of carbonyl (C=O) groups is 11. The van der Waals surface area contributed by atoms with Crippen molar-refractivity contribution in [3.8, 4) is 0 Å². The van der Waals surface area contributed by atoms with Crippen molar-refractivity contribution in [2.75, 3.05) is 55.4 Å². The van der Waals surface area contributed by atoms with Crippen LogP contribution in [0.4, 0.5) is 0 Å². The van der Waals surface area contributed by atoms with Crippen molar-refractivity contribution in [2.24, 2.45) is 5.92 Å². The van der Waals surface area contributed by atoms with Gasteiger partial charge in [0.1, 0.15) is 30.2 Å². The Labute approximate surface area is 550 Å². The summed E-state index contributed by atoms with van der Waals surface area (Å²) in [5.41, 5.74) is 3.85. The first-order chi connectivity index (χ1) is 43.1. The van der Waals surface area contributed by atoms with E-state index in [2.05, 4.69) is 84.7 Å². The number of amides is 9. The monoisotopic (exact) mass is 1310 g/mol. The molecular weight excluding hydrogens is 1200 g/mol. The molecule has 0 spiro atoms. The van der Waals surface area contributed by atoms with Crippen LogP contribution in [0.15, 0.2) is 47.1 Å². The number of nitrogens with one attached hydrogen (secondary N) is 6. The summed E-state index contributed by atoms with van der Waals surface area (Å²) in [7, 11) is 0. The molecule has 1 saturated heterocycles. The molecule has 0 aromatic rings. The number of rotatable bonds is 50. The Bertz CT molecular complexity index is 2390. The number of carboxylic acid groups (broad SMARTS) is 1. The molecule has 0 bridgehead atoms. The molecular formula is C67H110N8O12S3. The van der Waals surface area contributed by atoms with Gasteiger partial charge in [0.15, 0.2) is 5.12 Å². The molecule has 0 aromatic heterocycles. The first kappa shape index (κ1) is 80.7. The third-order valence-corrected chi connectivity index (χ3v) is 18.2. The van der Waals surface area contributed by atoms with E-state index >= 15 is 0 Å². The number of hydrogen-bond acceptors (Lipinski definition) is 14. The number of allylic oxidation sites excluding steroid dienone is 5. The highest BCUT2D eigenvalue weighted by atomic mass is 32.2. The van der Waals surface area contributed by atoms with Crippen LogP contribution in [0.2, 0.25) is 0 Å². The third-order valence-electron chi connectivity index (χ3n) is 15.6. The Morgan fingerprint density at radius 1 is 0.622 bits per heavy atom. The number of nitrogens with zero attached hydrogens (tertiary/aromatic N) is 2. The molecule has 23 heteroatoms. The van der Waals surface area contributed by atoms with Gasteiger partial charge in [-0.1, -0.05) is 151 Å². The van der Waals surface area contributed by atoms with Crippen molar-refractivity contribution in [2.45, 2.75) is 246 Å². The first-order valence-electron chi connectivity index (χ1n) is 33.0. The van der Waals surface area contributed by atoms with E-state index in [9.17, 15) is 57.8 Å². The van der Waals surface area contributed by atoms with Crippen LogP contribution in [0.25, 0.3) is 0 Å². The van der Waals surface area contributed by atoms with Crippen LogP contribution in [0.1, 0.15) is 215 Å². The number of imide groups is 1. The van der Waals surface area contributed by atoms with E-state index in [-0.39, 0.29) is 73.1 Å². The Hall–Kier alpha value is -5.42. The van der Waals surface area contributed by atoms with Crippen molar-refractivity contribution in [1.82, 2.24) is 41.7 Å². The largest absolute Gasteiger partial charge is 0.480 e. The Morgan fingerprint density at radius 3 is 1.79 bits per heavy atom. The van der Waals surface area contributed by atoms with Crippen molar-refractivity contribution < 1.29 is 57.8 Å². The minimum absolute atomic E-state index is 0.0726. The van der Waals surface area contributed by atoms with E-state index in [1.54, 1.807) is 0 Å². The zero-order valence-corrected chi connectivity index (χ0v) is 57.9. The number of hydrogen-bond donors (Lipinski definition) is 7. The number of likely N-dealkylation sites (tertiary alicyclic amines) is 1. The van der Waals surface area contributed by atoms with E-state index < -0.39 is 90.6 Å². The van der Waals surface area contributed by atoms with Gasteiger partial charge in [0.05, 0.1) is 13.1 Å². The summed E-state index contributed by atoms with van der Waals surface area (Å²) in [6.45, 7) is 13.7. The molecule has 90 heavy (non-hydrogen) atoms. The first-order valence-corrected chi connectivity index (χ1v) is 36.6. The number of carboxylic acids is 1. The molecule has 0 radical (unpaired) electrons. The van der Waals surface area contributed by atoms with Crippen LogP contribution in [-0.2, 0) is 52.7 Å². The van der Waals surface area contributed by atoms with E-state index in [1.165, 1.54) is 115 Å². The van der Waals surface area contributed by atoms with Gasteiger partial charge >= 0.3 is 5.97 Å². The van der Waals surface area contributed by atoms with Gasteiger partial charge in [0.2, 0.25) is 41.4 Å². The molecule has 1 fully saturated rings. The van der Waals surface area contributed by atoms with Crippen LogP contribution in [-0.4, -0.2) is 165 Å². The summed E-state index contributed by atoms with van der Waals surface area (Å²) in [4.78, 5) is 147. The van der Waals surface area contributed by atoms with Crippen molar-refractivity contribution >= 4 is 99.5 Å². The Morgan fingerprint density at radius 2 is 1.19 bits per heavy atom. The highest BCUT2D eigenvalue weighted by Gasteiger charge is 2.39.